The van der Waals surface area contributed by atoms with E-state index < -0.39 is 0 Å². The van der Waals surface area contributed by atoms with Crippen molar-refractivity contribution >= 4 is 33.2 Å². The molecule has 0 atom stereocenters. The summed E-state index contributed by atoms with van der Waals surface area (Å²) in [5.41, 5.74) is 1.64. The monoisotopic (exact) mass is 341 g/mol. The van der Waals surface area contributed by atoms with Crippen LogP contribution in [-0.2, 0) is 6.54 Å². The molecule has 0 aliphatic heterocycles. The molecule has 19 heavy (non-hydrogen) atoms. The van der Waals surface area contributed by atoms with Gasteiger partial charge in [-0.2, -0.15) is 0 Å². The molecule has 0 heterocycles. The number of aromatic hydroxyl groups is 1. The molecule has 0 aromatic heterocycles. The summed E-state index contributed by atoms with van der Waals surface area (Å²) >= 11 is 9.32. The van der Waals surface area contributed by atoms with Crippen molar-refractivity contribution in [1.82, 2.24) is 0 Å². The standard InChI is InChI=1S/C14H13BrClNO2/c1-19-13-6-10(15)5-12(7-13)17-8-9-4-11(16)2-3-14(9)18/h2-7,17-18H,8H2,1H3. The van der Waals surface area contributed by atoms with Gasteiger partial charge in [0.2, 0.25) is 0 Å². The fourth-order valence-electron chi connectivity index (χ4n) is 1.68. The summed E-state index contributed by atoms with van der Waals surface area (Å²) in [7, 11) is 1.62. The molecule has 2 rings (SSSR count). The van der Waals surface area contributed by atoms with E-state index in [0.29, 0.717) is 11.6 Å². The van der Waals surface area contributed by atoms with Crippen molar-refractivity contribution in [3.8, 4) is 11.5 Å². The number of halogens is 2. The van der Waals surface area contributed by atoms with Crippen molar-refractivity contribution in [2.45, 2.75) is 6.54 Å². The van der Waals surface area contributed by atoms with Gasteiger partial charge >= 0.3 is 0 Å². The highest BCUT2D eigenvalue weighted by atomic mass is 79.9. The highest BCUT2D eigenvalue weighted by Gasteiger charge is 2.04. The number of phenols is 1. The number of phenolic OH excluding ortho intramolecular Hbond substituents is 1. The Morgan fingerprint density at radius 3 is 2.79 bits per heavy atom. The van der Waals surface area contributed by atoms with Gasteiger partial charge in [0.05, 0.1) is 7.11 Å². The van der Waals surface area contributed by atoms with Gasteiger partial charge in [0.1, 0.15) is 11.5 Å². The van der Waals surface area contributed by atoms with Crippen molar-refractivity contribution in [3.05, 3.63) is 51.5 Å². The maximum absolute atomic E-state index is 9.74. The zero-order valence-electron chi connectivity index (χ0n) is 10.3. The van der Waals surface area contributed by atoms with Gasteiger partial charge in [-0.3, -0.25) is 0 Å². The van der Waals surface area contributed by atoms with Gasteiger partial charge in [-0.1, -0.05) is 27.5 Å². The summed E-state index contributed by atoms with van der Waals surface area (Å²) in [6, 6.07) is 10.7. The Morgan fingerprint density at radius 2 is 2.05 bits per heavy atom. The van der Waals surface area contributed by atoms with Gasteiger partial charge < -0.3 is 15.2 Å². The summed E-state index contributed by atoms with van der Waals surface area (Å²) in [5.74, 6) is 0.978. The lowest BCUT2D eigenvalue weighted by molar-refractivity contribution is 0.414. The Morgan fingerprint density at radius 1 is 1.26 bits per heavy atom. The first-order valence-electron chi connectivity index (χ1n) is 5.64. The number of hydrogen-bond donors (Lipinski definition) is 2. The van der Waals surface area contributed by atoms with Crippen LogP contribution in [0.15, 0.2) is 40.9 Å². The molecular formula is C14H13BrClNO2. The smallest absolute Gasteiger partial charge is 0.122 e. The largest absolute Gasteiger partial charge is 0.508 e. The lowest BCUT2D eigenvalue weighted by Gasteiger charge is -2.10. The first kappa shape index (κ1) is 14.0. The molecule has 0 spiro atoms. The van der Waals surface area contributed by atoms with Gasteiger partial charge in [-0.15, -0.1) is 0 Å². The lowest BCUT2D eigenvalue weighted by Crippen LogP contribution is -2.00. The maximum Gasteiger partial charge on any atom is 0.122 e. The number of nitrogens with one attached hydrogen (secondary N) is 1. The topological polar surface area (TPSA) is 41.5 Å². The number of hydrogen-bond acceptors (Lipinski definition) is 3. The van der Waals surface area contributed by atoms with Crippen LogP contribution in [0.3, 0.4) is 0 Å². The van der Waals surface area contributed by atoms with Crippen LogP contribution in [0.4, 0.5) is 5.69 Å². The van der Waals surface area contributed by atoms with E-state index in [1.807, 2.05) is 18.2 Å². The Kier molecular flexibility index (Phi) is 4.56. The summed E-state index contributed by atoms with van der Waals surface area (Å²) in [6.07, 6.45) is 0. The van der Waals surface area contributed by atoms with Crippen LogP contribution >= 0.6 is 27.5 Å². The SMILES string of the molecule is COc1cc(Br)cc(NCc2cc(Cl)ccc2O)c1. The Bertz CT molecular complexity index is 590. The van der Waals surface area contributed by atoms with Gasteiger partial charge in [0, 0.05) is 33.4 Å². The third-order valence-electron chi connectivity index (χ3n) is 2.63. The van der Waals surface area contributed by atoms with Crippen LogP contribution in [0.1, 0.15) is 5.56 Å². The van der Waals surface area contributed by atoms with Crippen LogP contribution in [0, 0.1) is 0 Å². The molecule has 0 radical (unpaired) electrons. The molecule has 0 saturated heterocycles. The molecule has 0 bridgehead atoms. The first-order chi connectivity index (χ1) is 9.08. The molecule has 0 saturated carbocycles. The number of methoxy groups -OCH3 is 1. The predicted molar refractivity (Wildman–Crippen MR) is 81.1 cm³/mol. The van der Waals surface area contributed by atoms with Crippen LogP contribution in [-0.4, -0.2) is 12.2 Å². The van der Waals surface area contributed by atoms with Crippen LogP contribution in [0.25, 0.3) is 0 Å². The minimum absolute atomic E-state index is 0.221. The Labute approximate surface area is 125 Å². The van der Waals surface area contributed by atoms with E-state index in [1.165, 1.54) is 0 Å². The summed E-state index contributed by atoms with van der Waals surface area (Å²) in [4.78, 5) is 0. The van der Waals surface area contributed by atoms with Gasteiger partial charge in [0.25, 0.3) is 0 Å². The lowest BCUT2D eigenvalue weighted by atomic mass is 10.2. The Balaban J connectivity index is 2.14. The van der Waals surface area contributed by atoms with E-state index >= 15 is 0 Å². The molecular weight excluding hydrogens is 330 g/mol. The van der Waals surface area contributed by atoms with Crippen molar-refractivity contribution in [2.75, 3.05) is 12.4 Å². The molecule has 0 aliphatic carbocycles. The first-order valence-corrected chi connectivity index (χ1v) is 6.81. The number of anilines is 1. The minimum atomic E-state index is 0.221. The van der Waals surface area contributed by atoms with Crippen LogP contribution in [0.2, 0.25) is 5.02 Å². The van der Waals surface area contributed by atoms with Crippen LogP contribution < -0.4 is 10.1 Å². The van der Waals surface area contributed by atoms with E-state index in [-0.39, 0.29) is 5.75 Å². The quantitative estimate of drug-likeness (QED) is 0.863. The molecule has 0 aliphatic rings. The van der Waals surface area contributed by atoms with Gasteiger partial charge in [-0.05, 0) is 30.3 Å². The summed E-state index contributed by atoms with van der Waals surface area (Å²) in [6.45, 7) is 0.478. The zero-order valence-corrected chi connectivity index (χ0v) is 12.6. The molecule has 5 heteroatoms. The molecule has 3 nitrogen and oxygen atoms in total. The fraction of sp³-hybridized carbons (Fsp3) is 0.143. The second-order valence-corrected chi connectivity index (χ2v) is 5.36. The second-order valence-electron chi connectivity index (χ2n) is 4.01. The van der Waals surface area contributed by atoms with Crippen LogP contribution in [0.5, 0.6) is 11.5 Å². The van der Waals surface area contributed by atoms with E-state index in [4.69, 9.17) is 16.3 Å². The number of ether oxygens (including phenoxy) is 1. The van der Waals surface area contributed by atoms with Crippen molar-refractivity contribution in [3.63, 3.8) is 0 Å². The molecule has 100 valence electrons. The molecule has 0 unspecified atom stereocenters. The molecule has 0 fully saturated rings. The molecule has 2 N–H and O–H groups in total. The van der Waals surface area contributed by atoms with Crippen molar-refractivity contribution < 1.29 is 9.84 Å². The maximum atomic E-state index is 9.74. The van der Waals surface area contributed by atoms with E-state index in [0.717, 1.165) is 21.5 Å². The van der Waals surface area contributed by atoms with E-state index in [2.05, 4.69) is 21.2 Å². The molecule has 2 aromatic rings. The van der Waals surface area contributed by atoms with Crippen molar-refractivity contribution in [1.29, 1.82) is 0 Å². The summed E-state index contributed by atoms with van der Waals surface area (Å²) < 4.78 is 6.11. The third-order valence-corrected chi connectivity index (χ3v) is 3.32. The molecule has 2 aromatic carbocycles. The second kappa shape index (κ2) is 6.17. The van der Waals surface area contributed by atoms with E-state index in [9.17, 15) is 5.11 Å². The number of benzene rings is 2. The fourth-order valence-corrected chi connectivity index (χ4v) is 2.34. The van der Waals surface area contributed by atoms with E-state index in [1.54, 1.807) is 25.3 Å². The highest BCUT2D eigenvalue weighted by molar-refractivity contribution is 9.10. The van der Waals surface area contributed by atoms with Gasteiger partial charge in [0.15, 0.2) is 0 Å². The zero-order chi connectivity index (χ0) is 13.8. The average Bonchev–Trinajstić information content (AvgIpc) is 2.39. The average molecular weight is 343 g/mol. The third kappa shape index (κ3) is 3.78. The minimum Gasteiger partial charge on any atom is -0.508 e. The Hall–Kier alpha value is -1.39. The summed E-state index contributed by atoms with van der Waals surface area (Å²) in [5, 5.41) is 13.6. The molecule has 0 amide bonds. The van der Waals surface area contributed by atoms with Crippen molar-refractivity contribution in [2.24, 2.45) is 0 Å². The number of rotatable bonds is 4. The van der Waals surface area contributed by atoms with Gasteiger partial charge in [-0.25, -0.2) is 0 Å². The normalized spacial score (nSPS) is 10.3. The predicted octanol–water partition coefficient (Wildman–Crippen LogP) is 4.43. The highest BCUT2D eigenvalue weighted by Crippen LogP contribution is 2.26.